The van der Waals surface area contributed by atoms with Crippen molar-refractivity contribution in [3.8, 4) is 16.9 Å². The molecule has 0 radical (unpaired) electrons. The molecule has 158 valence electrons. The second kappa shape index (κ2) is 7.64. The third-order valence-electron chi connectivity index (χ3n) is 6.15. The summed E-state index contributed by atoms with van der Waals surface area (Å²) >= 11 is 8.07. The Labute approximate surface area is 188 Å². The summed E-state index contributed by atoms with van der Waals surface area (Å²) in [5.41, 5.74) is 6.50. The van der Waals surface area contributed by atoms with Crippen molar-refractivity contribution < 1.29 is 14.3 Å². The fourth-order valence-electron chi connectivity index (χ4n) is 4.68. The summed E-state index contributed by atoms with van der Waals surface area (Å²) < 4.78 is 13.7. The fourth-order valence-corrected chi connectivity index (χ4v) is 5.92. The third kappa shape index (κ3) is 3.26. The highest BCUT2D eigenvalue weighted by atomic mass is 35.5. The summed E-state index contributed by atoms with van der Waals surface area (Å²) in [7, 11) is 0. The van der Waals surface area contributed by atoms with Crippen LogP contribution in [0.2, 0.25) is 5.02 Å². The van der Waals surface area contributed by atoms with Gasteiger partial charge >= 0.3 is 0 Å². The number of nitrogens with one attached hydrogen (secondary N) is 1. The largest absolute Gasteiger partial charge is 0.482 e. The summed E-state index contributed by atoms with van der Waals surface area (Å²) in [4.78, 5) is 5.37. The number of halogens is 1. The number of benzene rings is 1. The minimum Gasteiger partial charge on any atom is -0.482 e. The van der Waals surface area contributed by atoms with Crippen molar-refractivity contribution >= 4 is 33.2 Å². The molecule has 0 spiro atoms. The van der Waals surface area contributed by atoms with Gasteiger partial charge in [0.15, 0.2) is 6.10 Å². The van der Waals surface area contributed by atoms with E-state index in [0.717, 1.165) is 75.6 Å². The van der Waals surface area contributed by atoms with E-state index in [-0.39, 0.29) is 12.7 Å². The van der Waals surface area contributed by atoms with Crippen molar-refractivity contribution in [2.45, 2.75) is 38.5 Å². The Bertz CT molecular complexity index is 1300. The van der Waals surface area contributed by atoms with Gasteiger partial charge in [-0.15, -0.1) is 11.3 Å². The molecule has 2 N–H and O–H groups in total. The second-order valence-electron chi connectivity index (χ2n) is 8.06. The van der Waals surface area contributed by atoms with Crippen LogP contribution in [0.15, 0.2) is 41.1 Å². The highest BCUT2D eigenvalue weighted by Gasteiger charge is 2.31. The molecule has 5 nitrogen and oxygen atoms in total. The number of thiophene rings is 1. The third-order valence-corrected chi connectivity index (χ3v) is 7.51. The van der Waals surface area contributed by atoms with E-state index in [2.05, 4.69) is 10.3 Å². The van der Waals surface area contributed by atoms with E-state index in [9.17, 15) is 5.11 Å². The number of aliphatic hydroxyl groups is 1. The van der Waals surface area contributed by atoms with Crippen LogP contribution in [-0.2, 0) is 26.0 Å². The van der Waals surface area contributed by atoms with Crippen LogP contribution in [0, 0.1) is 0 Å². The van der Waals surface area contributed by atoms with Crippen LogP contribution in [0.25, 0.3) is 21.3 Å². The maximum Gasteiger partial charge on any atom is 0.157 e. The second-order valence-corrected chi connectivity index (χ2v) is 9.63. The Morgan fingerprint density at radius 1 is 1.19 bits per heavy atom. The Hall–Kier alpha value is -2.38. The van der Waals surface area contributed by atoms with Gasteiger partial charge in [-0.2, -0.15) is 0 Å². The predicted molar refractivity (Wildman–Crippen MR) is 122 cm³/mol. The van der Waals surface area contributed by atoms with Crippen LogP contribution >= 0.6 is 22.9 Å². The lowest BCUT2D eigenvalue weighted by molar-refractivity contribution is 0.149. The first-order valence-corrected chi connectivity index (χ1v) is 11.7. The molecule has 3 aromatic heterocycles. The lowest BCUT2D eigenvalue weighted by atomic mass is 9.93. The maximum absolute atomic E-state index is 9.59. The Kier molecular flexibility index (Phi) is 4.76. The van der Waals surface area contributed by atoms with Crippen LogP contribution in [0.5, 0.6) is 5.75 Å². The minimum atomic E-state index is -0.121. The zero-order valence-electron chi connectivity index (χ0n) is 16.8. The molecule has 0 saturated heterocycles. The van der Waals surface area contributed by atoms with Crippen LogP contribution in [0.3, 0.4) is 0 Å². The highest BCUT2D eigenvalue weighted by molar-refractivity contribution is 7.19. The first-order chi connectivity index (χ1) is 15.2. The van der Waals surface area contributed by atoms with Crippen LogP contribution in [0.1, 0.15) is 39.9 Å². The summed E-state index contributed by atoms with van der Waals surface area (Å²) in [6, 6.07) is 7.90. The number of furan rings is 1. The topological polar surface area (TPSA) is 67.5 Å². The maximum atomic E-state index is 9.59. The number of ether oxygens (including phenoxy) is 1. The van der Waals surface area contributed by atoms with Gasteiger partial charge in [0, 0.05) is 39.3 Å². The SMILES string of the molecule is OCc1cc2nccc(-c3cc(Cl)cc4c3OC(c3occ5c3CNCC5)CC4)c2s1. The van der Waals surface area contributed by atoms with E-state index in [1.165, 1.54) is 11.1 Å². The number of aromatic nitrogens is 1. The molecule has 2 aliphatic rings. The van der Waals surface area contributed by atoms with E-state index in [4.69, 9.17) is 20.8 Å². The van der Waals surface area contributed by atoms with E-state index in [0.29, 0.717) is 5.02 Å². The summed E-state index contributed by atoms with van der Waals surface area (Å²) in [6.07, 6.45) is 6.28. The number of rotatable bonds is 3. The van der Waals surface area contributed by atoms with Gasteiger partial charge in [-0.25, -0.2) is 0 Å². The first-order valence-electron chi connectivity index (χ1n) is 10.5. The molecule has 5 heterocycles. The predicted octanol–water partition coefficient (Wildman–Crippen LogP) is 5.41. The van der Waals surface area contributed by atoms with E-state index >= 15 is 0 Å². The van der Waals surface area contributed by atoms with E-state index < -0.39 is 0 Å². The average molecular weight is 453 g/mol. The quantitative estimate of drug-likeness (QED) is 0.434. The van der Waals surface area contributed by atoms with Gasteiger partial charge in [0.05, 0.1) is 23.1 Å². The number of aryl methyl sites for hydroxylation is 1. The van der Waals surface area contributed by atoms with Gasteiger partial charge < -0.3 is 19.6 Å². The Balaban J connectivity index is 1.46. The van der Waals surface area contributed by atoms with E-state index in [1.807, 2.05) is 30.5 Å². The zero-order chi connectivity index (χ0) is 20.9. The van der Waals surface area contributed by atoms with Crippen molar-refractivity contribution in [3.63, 3.8) is 0 Å². The summed E-state index contributed by atoms with van der Waals surface area (Å²) in [5, 5.41) is 13.7. The molecule has 6 rings (SSSR count). The molecule has 1 aromatic carbocycles. The standard InChI is InChI=1S/C24H21ClN2O3S/c25-15-7-13-1-2-21(23-19-10-26-5-3-14(19)12-29-23)30-22(13)18(8-15)17-4-6-27-20-9-16(11-28)31-24(17)20/h4,6-9,12,21,26,28H,1-3,5,10-11H2. The smallest absolute Gasteiger partial charge is 0.157 e. The number of hydrogen-bond donors (Lipinski definition) is 2. The average Bonchev–Trinajstić information content (AvgIpc) is 3.42. The van der Waals surface area contributed by atoms with Gasteiger partial charge in [0.2, 0.25) is 0 Å². The number of fused-ring (bicyclic) bond motifs is 3. The summed E-state index contributed by atoms with van der Waals surface area (Å²) in [6.45, 7) is 1.81. The normalized spacial score (nSPS) is 17.9. The molecular weight excluding hydrogens is 432 g/mol. The highest BCUT2D eigenvalue weighted by Crippen LogP contribution is 2.46. The lowest BCUT2D eigenvalue weighted by Crippen LogP contribution is -2.25. The first kappa shape index (κ1) is 19.3. The molecule has 0 saturated carbocycles. The molecule has 1 unspecified atom stereocenters. The number of nitrogens with zero attached hydrogens (tertiary/aromatic N) is 1. The van der Waals surface area contributed by atoms with Crippen molar-refractivity contribution in [1.29, 1.82) is 0 Å². The minimum absolute atomic E-state index is 0.00430. The number of aliphatic hydroxyl groups excluding tert-OH is 1. The fraction of sp³-hybridized carbons (Fsp3) is 0.292. The monoisotopic (exact) mass is 452 g/mol. The Morgan fingerprint density at radius 3 is 3.03 bits per heavy atom. The van der Waals surface area contributed by atoms with E-state index in [1.54, 1.807) is 17.5 Å². The summed E-state index contributed by atoms with van der Waals surface area (Å²) in [5.74, 6) is 1.80. The van der Waals surface area contributed by atoms with Crippen molar-refractivity contribution in [2.24, 2.45) is 0 Å². The van der Waals surface area contributed by atoms with Crippen molar-refractivity contribution in [3.05, 3.63) is 69.1 Å². The molecule has 2 aliphatic heterocycles. The van der Waals surface area contributed by atoms with Gasteiger partial charge in [0.25, 0.3) is 0 Å². The van der Waals surface area contributed by atoms with Crippen LogP contribution in [0.4, 0.5) is 0 Å². The Morgan fingerprint density at radius 2 is 2.13 bits per heavy atom. The molecule has 0 amide bonds. The zero-order valence-corrected chi connectivity index (χ0v) is 18.4. The number of hydrogen-bond acceptors (Lipinski definition) is 6. The molecule has 4 aromatic rings. The molecule has 1 atom stereocenters. The lowest BCUT2D eigenvalue weighted by Gasteiger charge is -2.28. The molecule has 7 heteroatoms. The van der Waals surface area contributed by atoms with Gasteiger partial charge in [-0.1, -0.05) is 11.6 Å². The number of pyridine rings is 1. The molecule has 0 bridgehead atoms. The van der Waals surface area contributed by atoms with Gasteiger partial charge in [-0.05, 0) is 61.2 Å². The van der Waals surface area contributed by atoms with Gasteiger partial charge in [-0.3, -0.25) is 4.98 Å². The molecular formula is C24H21ClN2O3S. The van der Waals surface area contributed by atoms with Crippen LogP contribution < -0.4 is 10.1 Å². The molecule has 0 aliphatic carbocycles. The molecule has 31 heavy (non-hydrogen) atoms. The molecule has 0 fully saturated rings. The van der Waals surface area contributed by atoms with Gasteiger partial charge in [0.1, 0.15) is 11.5 Å². The van der Waals surface area contributed by atoms with Crippen molar-refractivity contribution in [1.82, 2.24) is 10.3 Å². The van der Waals surface area contributed by atoms with Crippen molar-refractivity contribution in [2.75, 3.05) is 6.54 Å². The van der Waals surface area contributed by atoms with Crippen LogP contribution in [-0.4, -0.2) is 16.6 Å².